The smallest absolute Gasteiger partial charge is 0.308 e. The minimum Gasteiger partial charge on any atom is -0.427 e. The summed E-state index contributed by atoms with van der Waals surface area (Å²) in [7, 11) is 0. The van der Waals surface area contributed by atoms with Gasteiger partial charge in [0.15, 0.2) is 0 Å². The molecule has 0 saturated heterocycles. The minimum absolute atomic E-state index is 0.250. The van der Waals surface area contributed by atoms with Gasteiger partial charge in [-0.15, -0.1) is 0 Å². The first-order valence-corrected chi connectivity index (χ1v) is 5.40. The molecule has 0 aliphatic carbocycles. The lowest BCUT2D eigenvalue weighted by molar-refractivity contribution is -0.132. The predicted molar refractivity (Wildman–Crippen MR) is 63.1 cm³/mol. The summed E-state index contributed by atoms with van der Waals surface area (Å²) in [4.78, 5) is 21.8. The van der Waals surface area contributed by atoms with E-state index in [1.54, 1.807) is 12.1 Å². The molecule has 0 unspecified atom stereocenters. The second-order valence-electron chi connectivity index (χ2n) is 4.08. The van der Waals surface area contributed by atoms with Gasteiger partial charge < -0.3 is 9.47 Å². The number of ether oxygens (including phenoxy) is 2. The fraction of sp³-hybridized carbons (Fsp3) is 0.385. The van der Waals surface area contributed by atoms with E-state index in [1.807, 2.05) is 13.8 Å². The number of hydrogen-bond acceptors (Lipinski definition) is 4. The zero-order chi connectivity index (χ0) is 13.0. The van der Waals surface area contributed by atoms with Gasteiger partial charge in [-0.05, 0) is 23.6 Å². The summed E-state index contributed by atoms with van der Waals surface area (Å²) in [6, 6.07) is 5.05. The maximum atomic E-state index is 10.9. The Balaban J connectivity index is 3.08. The van der Waals surface area contributed by atoms with Crippen molar-refractivity contribution in [3.8, 4) is 11.5 Å². The van der Waals surface area contributed by atoms with Crippen LogP contribution in [0.5, 0.6) is 11.5 Å². The maximum absolute atomic E-state index is 10.9. The van der Waals surface area contributed by atoms with Crippen LogP contribution < -0.4 is 9.47 Å². The highest BCUT2D eigenvalue weighted by Gasteiger charge is 2.09. The molecule has 0 fully saturated rings. The second kappa shape index (κ2) is 5.48. The van der Waals surface area contributed by atoms with Crippen molar-refractivity contribution in [2.45, 2.75) is 33.6 Å². The first kappa shape index (κ1) is 13.2. The predicted octanol–water partition coefficient (Wildman–Crippen LogP) is 2.66. The molecular formula is C13H16O4. The van der Waals surface area contributed by atoms with Crippen molar-refractivity contribution in [3.63, 3.8) is 0 Å². The van der Waals surface area contributed by atoms with Crippen molar-refractivity contribution in [1.82, 2.24) is 0 Å². The molecule has 1 aromatic carbocycles. The number of carbonyl (C=O) groups excluding carboxylic acids is 2. The third-order valence-corrected chi connectivity index (χ3v) is 2.09. The Hall–Kier alpha value is -1.84. The normalized spacial score (nSPS) is 10.2. The first-order valence-electron chi connectivity index (χ1n) is 5.40. The van der Waals surface area contributed by atoms with E-state index in [0.29, 0.717) is 11.5 Å². The molecule has 0 heterocycles. The molecule has 0 amide bonds. The van der Waals surface area contributed by atoms with E-state index >= 15 is 0 Å². The molecule has 1 aromatic rings. The Kier molecular flexibility index (Phi) is 4.26. The number of hydrogen-bond donors (Lipinski definition) is 0. The molecule has 0 saturated carbocycles. The monoisotopic (exact) mass is 236 g/mol. The SMILES string of the molecule is CC(=O)Oc1cc(OC(C)=O)cc(C(C)C)c1. The van der Waals surface area contributed by atoms with Gasteiger partial charge in [0, 0.05) is 19.9 Å². The average molecular weight is 236 g/mol. The molecule has 92 valence electrons. The first-order chi connectivity index (χ1) is 7.88. The van der Waals surface area contributed by atoms with Crippen molar-refractivity contribution in [2.24, 2.45) is 0 Å². The van der Waals surface area contributed by atoms with Crippen LogP contribution in [0.1, 0.15) is 39.2 Å². The van der Waals surface area contributed by atoms with E-state index in [1.165, 1.54) is 19.9 Å². The van der Waals surface area contributed by atoms with Gasteiger partial charge in [0.25, 0.3) is 0 Å². The molecule has 17 heavy (non-hydrogen) atoms. The summed E-state index contributed by atoms with van der Waals surface area (Å²) in [6.45, 7) is 6.66. The van der Waals surface area contributed by atoms with E-state index in [9.17, 15) is 9.59 Å². The molecule has 0 atom stereocenters. The van der Waals surface area contributed by atoms with Crippen LogP contribution in [0.4, 0.5) is 0 Å². The standard InChI is InChI=1S/C13H16O4/c1-8(2)11-5-12(16-9(3)14)7-13(6-11)17-10(4)15/h5-8H,1-4H3. The van der Waals surface area contributed by atoms with Crippen LogP contribution in [0.2, 0.25) is 0 Å². The van der Waals surface area contributed by atoms with Crippen LogP contribution >= 0.6 is 0 Å². The summed E-state index contributed by atoms with van der Waals surface area (Å²) in [6.07, 6.45) is 0. The number of esters is 2. The zero-order valence-electron chi connectivity index (χ0n) is 10.4. The van der Waals surface area contributed by atoms with Crippen molar-refractivity contribution in [1.29, 1.82) is 0 Å². The van der Waals surface area contributed by atoms with Gasteiger partial charge in [-0.2, -0.15) is 0 Å². The van der Waals surface area contributed by atoms with E-state index in [4.69, 9.17) is 9.47 Å². The summed E-state index contributed by atoms with van der Waals surface area (Å²) in [5, 5.41) is 0. The number of carbonyl (C=O) groups is 2. The van der Waals surface area contributed by atoms with Crippen LogP contribution in [0.25, 0.3) is 0 Å². The fourth-order valence-corrected chi connectivity index (χ4v) is 1.38. The highest BCUT2D eigenvalue weighted by Crippen LogP contribution is 2.27. The van der Waals surface area contributed by atoms with Gasteiger partial charge in [-0.1, -0.05) is 13.8 Å². The molecule has 0 bridgehead atoms. The van der Waals surface area contributed by atoms with Gasteiger partial charge in [-0.3, -0.25) is 9.59 Å². The zero-order valence-corrected chi connectivity index (χ0v) is 10.4. The lowest BCUT2D eigenvalue weighted by atomic mass is 10.0. The van der Waals surface area contributed by atoms with Crippen molar-refractivity contribution in [2.75, 3.05) is 0 Å². The molecular weight excluding hydrogens is 220 g/mol. The minimum atomic E-state index is -0.403. The Labute approximate surface area is 101 Å². The molecule has 4 nitrogen and oxygen atoms in total. The van der Waals surface area contributed by atoms with Crippen LogP contribution in [-0.4, -0.2) is 11.9 Å². The maximum Gasteiger partial charge on any atom is 0.308 e. The van der Waals surface area contributed by atoms with Crippen molar-refractivity contribution < 1.29 is 19.1 Å². The lowest BCUT2D eigenvalue weighted by Crippen LogP contribution is -2.05. The van der Waals surface area contributed by atoms with Crippen LogP contribution in [0.15, 0.2) is 18.2 Å². The van der Waals surface area contributed by atoms with Gasteiger partial charge in [0.1, 0.15) is 11.5 Å². The summed E-state index contributed by atoms with van der Waals surface area (Å²) in [5.74, 6) is 0.221. The van der Waals surface area contributed by atoms with E-state index in [-0.39, 0.29) is 5.92 Å². The quantitative estimate of drug-likeness (QED) is 0.598. The third kappa shape index (κ3) is 4.26. The molecule has 0 spiro atoms. The van der Waals surface area contributed by atoms with Gasteiger partial charge >= 0.3 is 11.9 Å². The average Bonchev–Trinajstić information content (AvgIpc) is 2.14. The molecule has 0 aromatic heterocycles. The highest BCUT2D eigenvalue weighted by molar-refractivity contribution is 5.71. The van der Waals surface area contributed by atoms with E-state index in [0.717, 1.165) is 5.56 Å². The van der Waals surface area contributed by atoms with E-state index in [2.05, 4.69) is 0 Å². The van der Waals surface area contributed by atoms with Crippen LogP contribution in [0.3, 0.4) is 0 Å². The topological polar surface area (TPSA) is 52.6 Å². The molecule has 0 N–H and O–H groups in total. The molecule has 1 rings (SSSR count). The number of rotatable bonds is 3. The summed E-state index contributed by atoms with van der Waals surface area (Å²) in [5.41, 5.74) is 0.944. The fourth-order valence-electron chi connectivity index (χ4n) is 1.38. The van der Waals surface area contributed by atoms with Gasteiger partial charge in [-0.25, -0.2) is 0 Å². The Morgan fingerprint density at radius 2 is 1.35 bits per heavy atom. The van der Waals surface area contributed by atoms with Crippen LogP contribution in [-0.2, 0) is 9.59 Å². The van der Waals surface area contributed by atoms with Gasteiger partial charge in [0.05, 0.1) is 0 Å². The molecule has 4 heteroatoms. The van der Waals surface area contributed by atoms with Crippen LogP contribution in [0, 0.1) is 0 Å². The molecule has 0 radical (unpaired) electrons. The lowest BCUT2D eigenvalue weighted by Gasteiger charge is -2.11. The largest absolute Gasteiger partial charge is 0.427 e. The van der Waals surface area contributed by atoms with Crippen molar-refractivity contribution >= 4 is 11.9 Å². The summed E-state index contributed by atoms with van der Waals surface area (Å²) < 4.78 is 9.99. The van der Waals surface area contributed by atoms with Gasteiger partial charge in [0.2, 0.25) is 0 Å². The van der Waals surface area contributed by atoms with Crippen molar-refractivity contribution in [3.05, 3.63) is 23.8 Å². The Morgan fingerprint density at radius 3 is 1.65 bits per heavy atom. The third-order valence-electron chi connectivity index (χ3n) is 2.09. The Bertz CT molecular complexity index is 401. The molecule has 0 aliphatic heterocycles. The number of benzene rings is 1. The Morgan fingerprint density at radius 1 is 0.941 bits per heavy atom. The molecule has 0 aliphatic rings. The second-order valence-corrected chi connectivity index (χ2v) is 4.08. The summed E-state index contributed by atoms with van der Waals surface area (Å²) >= 11 is 0. The highest BCUT2D eigenvalue weighted by atomic mass is 16.5. The van der Waals surface area contributed by atoms with E-state index < -0.39 is 11.9 Å².